The number of nitrogens with zero attached hydrogens (tertiary/aromatic N) is 4. The normalized spacial score (nSPS) is 24.2. The zero-order valence-corrected chi connectivity index (χ0v) is 11.2. The van der Waals surface area contributed by atoms with Gasteiger partial charge >= 0.3 is 6.18 Å². The van der Waals surface area contributed by atoms with Gasteiger partial charge in [-0.15, -0.1) is 10.2 Å². The van der Waals surface area contributed by atoms with Gasteiger partial charge in [-0.05, 0) is 19.3 Å². The number of rotatable bonds is 1. The first-order valence-corrected chi connectivity index (χ1v) is 6.76. The fourth-order valence-corrected chi connectivity index (χ4v) is 3.05. The Bertz CT molecular complexity index is 625. The lowest BCUT2D eigenvalue weighted by molar-refractivity contribution is -0.183. The van der Waals surface area contributed by atoms with Crippen molar-refractivity contribution in [3.8, 4) is 0 Å². The second-order valence-electron chi connectivity index (χ2n) is 5.08. The second-order valence-corrected chi connectivity index (χ2v) is 5.47. The monoisotopic (exact) mass is 304 g/mol. The van der Waals surface area contributed by atoms with E-state index in [9.17, 15) is 13.2 Å². The minimum Gasteiger partial charge on any atom is -0.266 e. The average Bonchev–Trinajstić information content (AvgIpc) is 2.83. The minimum absolute atomic E-state index is 0.0446. The van der Waals surface area contributed by atoms with E-state index in [1.54, 1.807) is 4.40 Å². The van der Waals surface area contributed by atoms with Crippen molar-refractivity contribution in [1.82, 2.24) is 19.6 Å². The van der Waals surface area contributed by atoms with Gasteiger partial charge in [-0.25, -0.2) is 0 Å². The van der Waals surface area contributed by atoms with Crippen LogP contribution in [0.1, 0.15) is 37.4 Å². The summed E-state index contributed by atoms with van der Waals surface area (Å²) in [5.74, 6) is -1.04. The number of halogens is 4. The van der Waals surface area contributed by atoms with Gasteiger partial charge in [-0.3, -0.25) is 9.38 Å². The topological polar surface area (TPSA) is 43.1 Å². The van der Waals surface area contributed by atoms with Crippen LogP contribution in [0.25, 0.3) is 5.65 Å². The van der Waals surface area contributed by atoms with E-state index in [0.717, 1.165) is 0 Å². The van der Waals surface area contributed by atoms with E-state index in [4.69, 9.17) is 11.6 Å². The molecule has 2 aromatic rings. The molecule has 0 N–H and O–H groups in total. The molecule has 1 saturated carbocycles. The van der Waals surface area contributed by atoms with Crippen LogP contribution < -0.4 is 0 Å². The Balaban J connectivity index is 1.95. The van der Waals surface area contributed by atoms with E-state index in [1.807, 2.05) is 0 Å². The maximum atomic E-state index is 12.9. The van der Waals surface area contributed by atoms with Crippen LogP contribution in [-0.2, 0) is 0 Å². The maximum Gasteiger partial charge on any atom is 0.391 e. The molecule has 2 aromatic heterocycles. The molecule has 1 aliphatic carbocycles. The number of fused-ring (bicyclic) bond motifs is 1. The number of hydrogen-bond donors (Lipinski definition) is 0. The average molecular weight is 305 g/mol. The zero-order valence-electron chi connectivity index (χ0n) is 10.4. The minimum atomic E-state index is -4.15. The molecule has 1 aliphatic rings. The molecule has 2 unspecified atom stereocenters. The first-order valence-electron chi connectivity index (χ1n) is 6.38. The van der Waals surface area contributed by atoms with Crippen LogP contribution in [0, 0.1) is 5.92 Å². The van der Waals surface area contributed by atoms with Gasteiger partial charge in [0.05, 0.1) is 18.3 Å². The van der Waals surface area contributed by atoms with E-state index < -0.39 is 12.1 Å². The van der Waals surface area contributed by atoms with Crippen molar-refractivity contribution >= 4 is 17.2 Å². The van der Waals surface area contributed by atoms with E-state index in [-0.39, 0.29) is 18.8 Å². The van der Waals surface area contributed by atoms with Crippen molar-refractivity contribution in [1.29, 1.82) is 0 Å². The smallest absolute Gasteiger partial charge is 0.266 e. The number of alkyl halides is 3. The molecule has 0 aliphatic heterocycles. The summed E-state index contributed by atoms with van der Waals surface area (Å²) in [6, 6.07) is 0. The summed E-state index contributed by atoms with van der Waals surface area (Å²) in [5, 5.41) is 8.26. The van der Waals surface area contributed by atoms with Gasteiger partial charge in [0.15, 0.2) is 5.65 Å². The summed E-state index contributed by atoms with van der Waals surface area (Å²) in [7, 11) is 0. The van der Waals surface area contributed by atoms with Gasteiger partial charge in [0.2, 0.25) is 0 Å². The molecule has 4 nitrogen and oxygen atoms in total. The van der Waals surface area contributed by atoms with E-state index >= 15 is 0 Å². The largest absolute Gasteiger partial charge is 0.391 e. The van der Waals surface area contributed by atoms with Crippen LogP contribution in [0.4, 0.5) is 13.2 Å². The van der Waals surface area contributed by atoms with E-state index in [1.165, 1.54) is 12.4 Å². The van der Waals surface area contributed by atoms with Crippen molar-refractivity contribution in [3.63, 3.8) is 0 Å². The molecular formula is C12H12ClF3N4. The molecule has 0 spiro atoms. The van der Waals surface area contributed by atoms with Crippen molar-refractivity contribution in [2.45, 2.75) is 37.8 Å². The highest BCUT2D eigenvalue weighted by Gasteiger charge is 2.43. The SMILES string of the molecule is FC(F)(F)C1CCCC(c2nnc3cncc(Cl)n23)C1. The maximum absolute atomic E-state index is 12.9. The number of hydrogen-bond acceptors (Lipinski definition) is 3. The summed E-state index contributed by atoms with van der Waals surface area (Å²) in [6.45, 7) is 0. The summed E-state index contributed by atoms with van der Waals surface area (Å²) < 4.78 is 40.2. The Kier molecular flexibility index (Phi) is 3.32. The first kappa shape index (κ1) is 13.6. The van der Waals surface area contributed by atoms with Gasteiger partial charge in [-0.2, -0.15) is 13.2 Å². The summed E-state index contributed by atoms with van der Waals surface area (Å²) >= 11 is 6.05. The summed E-state index contributed by atoms with van der Waals surface area (Å²) in [6.07, 6.45) is 0.218. The molecule has 2 heterocycles. The van der Waals surface area contributed by atoms with Crippen molar-refractivity contribution in [3.05, 3.63) is 23.4 Å². The highest BCUT2D eigenvalue weighted by atomic mass is 35.5. The fraction of sp³-hybridized carbons (Fsp3) is 0.583. The molecular weight excluding hydrogens is 293 g/mol. The van der Waals surface area contributed by atoms with Gasteiger partial charge in [0, 0.05) is 5.92 Å². The molecule has 108 valence electrons. The van der Waals surface area contributed by atoms with Crippen molar-refractivity contribution < 1.29 is 13.2 Å². The quantitative estimate of drug-likeness (QED) is 0.808. The van der Waals surface area contributed by atoms with Crippen LogP contribution in [-0.4, -0.2) is 25.8 Å². The molecule has 0 amide bonds. The number of aromatic nitrogens is 4. The van der Waals surface area contributed by atoms with Gasteiger partial charge < -0.3 is 0 Å². The molecule has 0 radical (unpaired) electrons. The Hall–Kier alpha value is -1.37. The van der Waals surface area contributed by atoms with E-state index in [2.05, 4.69) is 15.2 Å². The molecule has 3 rings (SSSR count). The van der Waals surface area contributed by atoms with Crippen LogP contribution >= 0.6 is 11.6 Å². The Labute approximate surface area is 118 Å². The predicted octanol–water partition coefficient (Wildman–Crippen LogP) is 3.61. The van der Waals surface area contributed by atoms with Crippen LogP contribution in [0.15, 0.2) is 12.4 Å². The van der Waals surface area contributed by atoms with Crippen LogP contribution in [0.5, 0.6) is 0 Å². The Morgan fingerprint density at radius 3 is 2.75 bits per heavy atom. The third-order valence-corrected chi connectivity index (χ3v) is 4.07. The fourth-order valence-electron chi connectivity index (χ4n) is 2.82. The summed E-state index contributed by atoms with van der Waals surface area (Å²) in [4.78, 5) is 3.89. The Morgan fingerprint density at radius 2 is 2.00 bits per heavy atom. The molecule has 2 atom stereocenters. The van der Waals surface area contributed by atoms with Gasteiger partial charge in [0.1, 0.15) is 11.0 Å². The molecule has 1 fully saturated rings. The van der Waals surface area contributed by atoms with Crippen LogP contribution in [0.3, 0.4) is 0 Å². The highest BCUT2D eigenvalue weighted by molar-refractivity contribution is 6.29. The highest BCUT2D eigenvalue weighted by Crippen LogP contribution is 2.43. The van der Waals surface area contributed by atoms with E-state index in [0.29, 0.717) is 29.5 Å². The zero-order chi connectivity index (χ0) is 14.3. The summed E-state index contributed by atoms with van der Waals surface area (Å²) in [5.41, 5.74) is 0.460. The first-order chi connectivity index (χ1) is 9.47. The lowest BCUT2D eigenvalue weighted by Gasteiger charge is -2.29. The van der Waals surface area contributed by atoms with Crippen molar-refractivity contribution in [2.24, 2.45) is 5.92 Å². The molecule has 8 heteroatoms. The lowest BCUT2D eigenvalue weighted by atomic mass is 9.80. The Morgan fingerprint density at radius 1 is 1.20 bits per heavy atom. The molecule has 0 saturated heterocycles. The van der Waals surface area contributed by atoms with Gasteiger partial charge in [-0.1, -0.05) is 18.0 Å². The van der Waals surface area contributed by atoms with Gasteiger partial charge in [0.25, 0.3) is 0 Å². The van der Waals surface area contributed by atoms with Crippen LogP contribution in [0.2, 0.25) is 5.15 Å². The third-order valence-electron chi connectivity index (χ3n) is 3.80. The second kappa shape index (κ2) is 4.87. The molecule has 0 bridgehead atoms. The third kappa shape index (κ3) is 2.34. The molecule has 20 heavy (non-hydrogen) atoms. The predicted molar refractivity (Wildman–Crippen MR) is 66.5 cm³/mol. The lowest BCUT2D eigenvalue weighted by Crippen LogP contribution is -2.28. The molecule has 0 aromatic carbocycles. The van der Waals surface area contributed by atoms with Crippen molar-refractivity contribution in [2.75, 3.05) is 0 Å². The standard InChI is InChI=1S/C12H12ClF3N4/c13-9-5-17-6-10-18-19-11(20(9)10)7-2-1-3-8(4-7)12(14,15)16/h5-8H,1-4H2.